The number of nitrogens with one attached hydrogen (secondary N) is 2. The van der Waals surface area contributed by atoms with Gasteiger partial charge in [0.25, 0.3) is 5.91 Å². The van der Waals surface area contributed by atoms with Crippen molar-refractivity contribution >= 4 is 55.8 Å². The lowest BCUT2D eigenvalue weighted by atomic mass is 9.89. The van der Waals surface area contributed by atoms with Gasteiger partial charge in [0.15, 0.2) is 11.2 Å². The van der Waals surface area contributed by atoms with Gasteiger partial charge in [-0.2, -0.15) is 0 Å². The summed E-state index contributed by atoms with van der Waals surface area (Å²) in [5.74, 6) is 0.0947. The molecular weight excluding hydrogens is 452 g/mol. The lowest BCUT2D eigenvalue weighted by Crippen LogP contribution is -2.47. The van der Waals surface area contributed by atoms with E-state index in [0.717, 1.165) is 30.4 Å². The van der Waals surface area contributed by atoms with E-state index in [1.165, 1.54) is 22.7 Å². The Morgan fingerprint density at radius 1 is 1.12 bits per heavy atom. The number of benzene rings is 2. The third-order valence-electron chi connectivity index (χ3n) is 6.25. The number of hydrogen-bond acceptors (Lipinski definition) is 6. The van der Waals surface area contributed by atoms with Crippen LogP contribution in [0.15, 0.2) is 42.5 Å². The van der Waals surface area contributed by atoms with Gasteiger partial charge in [-0.05, 0) is 50.1 Å². The number of amides is 3. The van der Waals surface area contributed by atoms with Crippen molar-refractivity contribution < 1.29 is 19.1 Å². The Bertz CT molecular complexity index is 1250. The first-order valence-corrected chi connectivity index (χ1v) is 12.4. The van der Waals surface area contributed by atoms with E-state index >= 15 is 0 Å². The lowest BCUT2D eigenvalue weighted by Gasteiger charge is -2.32. The topological polar surface area (TPSA) is 101 Å². The van der Waals surface area contributed by atoms with E-state index in [9.17, 15) is 14.4 Å². The highest BCUT2D eigenvalue weighted by Gasteiger charge is 2.32. The van der Waals surface area contributed by atoms with Crippen molar-refractivity contribution in [3.63, 3.8) is 0 Å². The zero-order valence-electron chi connectivity index (χ0n) is 18.9. The molecule has 1 aromatic heterocycles. The Labute approximate surface area is 201 Å². The highest BCUT2D eigenvalue weighted by molar-refractivity contribution is 7.22. The molecule has 0 radical (unpaired) electrons. The van der Waals surface area contributed by atoms with Crippen molar-refractivity contribution in [3.05, 3.63) is 42.5 Å². The van der Waals surface area contributed by atoms with Crippen molar-refractivity contribution in [1.82, 2.24) is 4.98 Å². The third kappa shape index (κ3) is 4.61. The number of carbonyl (C=O) groups excluding carboxylic acids is 3. The van der Waals surface area contributed by atoms with Gasteiger partial charge in [-0.25, -0.2) is 4.98 Å². The molecule has 34 heavy (non-hydrogen) atoms. The van der Waals surface area contributed by atoms with E-state index in [1.54, 1.807) is 37.3 Å². The molecule has 1 saturated carbocycles. The van der Waals surface area contributed by atoms with E-state index in [1.807, 2.05) is 12.1 Å². The maximum Gasteiger partial charge on any atom is 0.268 e. The van der Waals surface area contributed by atoms with E-state index in [0.29, 0.717) is 27.8 Å². The molecule has 2 aliphatic rings. The van der Waals surface area contributed by atoms with Gasteiger partial charge in [-0.3, -0.25) is 19.3 Å². The monoisotopic (exact) mass is 478 g/mol. The van der Waals surface area contributed by atoms with Crippen molar-refractivity contribution in [2.45, 2.75) is 45.1 Å². The minimum atomic E-state index is -0.656. The van der Waals surface area contributed by atoms with Crippen molar-refractivity contribution in [2.24, 2.45) is 5.92 Å². The predicted molar refractivity (Wildman–Crippen MR) is 132 cm³/mol. The molecule has 2 heterocycles. The fourth-order valence-electron chi connectivity index (χ4n) is 4.50. The molecular formula is C25H26N4O4S. The number of carbonyl (C=O) groups is 3. The van der Waals surface area contributed by atoms with Gasteiger partial charge in [-0.15, -0.1) is 0 Å². The van der Waals surface area contributed by atoms with Crippen LogP contribution in [0.5, 0.6) is 5.75 Å². The van der Waals surface area contributed by atoms with Gasteiger partial charge in [0.1, 0.15) is 12.3 Å². The molecule has 176 valence electrons. The largest absolute Gasteiger partial charge is 0.479 e. The summed E-state index contributed by atoms with van der Waals surface area (Å²) < 4.78 is 6.55. The van der Waals surface area contributed by atoms with Crippen molar-refractivity contribution in [3.8, 4) is 5.75 Å². The molecule has 2 aromatic carbocycles. The molecule has 2 N–H and O–H groups in total. The second-order valence-electron chi connectivity index (χ2n) is 8.73. The molecule has 3 aromatic rings. The first-order chi connectivity index (χ1) is 16.5. The van der Waals surface area contributed by atoms with Gasteiger partial charge in [0.05, 0.1) is 15.9 Å². The van der Waals surface area contributed by atoms with Crippen LogP contribution < -0.4 is 20.3 Å². The summed E-state index contributed by atoms with van der Waals surface area (Å²) in [4.78, 5) is 43.9. The number of thiazole rings is 1. The Hall–Kier alpha value is -3.46. The van der Waals surface area contributed by atoms with Crippen LogP contribution in [-0.2, 0) is 14.4 Å². The third-order valence-corrected chi connectivity index (χ3v) is 7.20. The minimum Gasteiger partial charge on any atom is -0.479 e. The molecule has 1 fully saturated rings. The molecule has 9 heteroatoms. The summed E-state index contributed by atoms with van der Waals surface area (Å²) in [6.45, 7) is 1.55. The molecule has 3 amide bonds. The Morgan fingerprint density at radius 3 is 2.74 bits per heavy atom. The first kappa shape index (κ1) is 22.3. The number of nitrogens with zero attached hydrogens (tertiary/aromatic N) is 2. The number of aromatic nitrogens is 1. The molecule has 1 aliphatic carbocycles. The van der Waals surface area contributed by atoms with Crippen LogP contribution in [0.25, 0.3) is 10.2 Å². The SMILES string of the molecule is CC1Oc2ccccc2N(CC(=O)Nc2ccc3sc(NC(=O)C4CCCCC4)nc3c2)C1=O. The molecule has 5 rings (SSSR count). The van der Waals surface area contributed by atoms with Gasteiger partial charge in [-0.1, -0.05) is 42.7 Å². The van der Waals surface area contributed by atoms with E-state index in [4.69, 9.17) is 4.74 Å². The van der Waals surface area contributed by atoms with Crippen LogP contribution in [0.1, 0.15) is 39.0 Å². The Morgan fingerprint density at radius 2 is 1.91 bits per heavy atom. The molecule has 0 saturated heterocycles. The van der Waals surface area contributed by atoms with Crippen LogP contribution in [0.2, 0.25) is 0 Å². The maximum atomic E-state index is 12.8. The van der Waals surface area contributed by atoms with Crippen LogP contribution in [0.4, 0.5) is 16.5 Å². The van der Waals surface area contributed by atoms with Gasteiger partial charge >= 0.3 is 0 Å². The van der Waals surface area contributed by atoms with Crippen LogP contribution in [0, 0.1) is 5.92 Å². The zero-order chi connectivity index (χ0) is 23.7. The summed E-state index contributed by atoms with van der Waals surface area (Å²) >= 11 is 1.42. The summed E-state index contributed by atoms with van der Waals surface area (Å²) in [5.41, 5.74) is 1.85. The first-order valence-electron chi connectivity index (χ1n) is 11.6. The van der Waals surface area contributed by atoms with Gasteiger partial charge in [0, 0.05) is 11.6 Å². The van der Waals surface area contributed by atoms with E-state index in [-0.39, 0.29) is 30.2 Å². The average Bonchev–Trinajstić information content (AvgIpc) is 3.24. The maximum absolute atomic E-state index is 12.8. The van der Waals surface area contributed by atoms with Gasteiger partial charge in [0.2, 0.25) is 11.8 Å². The van der Waals surface area contributed by atoms with Crippen LogP contribution >= 0.6 is 11.3 Å². The molecule has 1 aliphatic heterocycles. The van der Waals surface area contributed by atoms with Crippen molar-refractivity contribution in [1.29, 1.82) is 0 Å². The molecule has 0 bridgehead atoms. The predicted octanol–water partition coefficient (Wildman–Crippen LogP) is 4.57. The van der Waals surface area contributed by atoms with E-state index in [2.05, 4.69) is 15.6 Å². The summed E-state index contributed by atoms with van der Waals surface area (Å²) in [7, 11) is 0. The summed E-state index contributed by atoms with van der Waals surface area (Å²) in [6, 6.07) is 12.6. The quantitative estimate of drug-likeness (QED) is 0.560. The van der Waals surface area contributed by atoms with Crippen LogP contribution in [0.3, 0.4) is 0 Å². The number of anilines is 3. The highest BCUT2D eigenvalue weighted by Crippen LogP contribution is 2.34. The minimum absolute atomic E-state index is 0.0389. The lowest BCUT2D eigenvalue weighted by molar-refractivity contribution is -0.127. The molecule has 8 nitrogen and oxygen atoms in total. The molecule has 0 spiro atoms. The summed E-state index contributed by atoms with van der Waals surface area (Å²) in [5, 5.41) is 6.38. The Balaban J connectivity index is 1.26. The van der Waals surface area contributed by atoms with Crippen LogP contribution in [-0.4, -0.2) is 35.4 Å². The number of para-hydroxylation sites is 2. The highest BCUT2D eigenvalue weighted by atomic mass is 32.1. The van der Waals surface area contributed by atoms with Crippen molar-refractivity contribution in [2.75, 3.05) is 22.1 Å². The standard InChI is InChI=1S/C25H26N4O4S/c1-15-24(32)29(19-9-5-6-10-20(19)33-15)14-22(30)26-17-11-12-21-18(13-17)27-25(34-21)28-23(31)16-7-3-2-4-8-16/h5-6,9-13,15-16H,2-4,7-8,14H2,1H3,(H,26,30)(H,27,28,31). The average molecular weight is 479 g/mol. The second kappa shape index (κ2) is 9.42. The fourth-order valence-corrected chi connectivity index (χ4v) is 5.35. The van der Waals surface area contributed by atoms with E-state index < -0.39 is 6.10 Å². The molecule has 1 unspecified atom stereocenters. The second-order valence-corrected chi connectivity index (χ2v) is 9.76. The smallest absolute Gasteiger partial charge is 0.268 e. The fraction of sp³-hybridized carbons (Fsp3) is 0.360. The number of ether oxygens (including phenoxy) is 1. The Kier molecular flexibility index (Phi) is 6.19. The normalized spacial score (nSPS) is 18.3. The number of fused-ring (bicyclic) bond motifs is 2. The molecule has 1 atom stereocenters. The zero-order valence-corrected chi connectivity index (χ0v) is 19.7. The van der Waals surface area contributed by atoms with Gasteiger partial charge < -0.3 is 15.4 Å². The summed E-state index contributed by atoms with van der Waals surface area (Å²) in [6.07, 6.45) is 4.61. The number of hydrogen-bond donors (Lipinski definition) is 2. The number of rotatable bonds is 5.